The Hall–Kier alpha value is -1.32. The van der Waals surface area contributed by atoms with Crippen molar-refractivity contribution in [2.24, 2.45) is 0 Å². The minimum atomic E-state index is -0.135. The molecule has 0 fully saturated rings. The summed E-state index contributed by atoms with van der Waals surface area (Å²) < 4.78 is 5.19. The highest BCUT2D eigenvalue weighted by Crippen LogP contribution is 2.19. The molecule has 1 atom stereocenters. The van der Waals surface area contributed by atoms with Crippen molar-refractivity contribution in [1.82, 2.24) is 4.98 Å². The highest BCUT2D eigenvalue weighted by atomic mass is 16.3. The standard InChI is InChI=1S/C9H14N2O2.C2H6/c1-4-6(2)9-11-8(5-13-9)10-7(3)12;1-2/h5-6H,4H2,1-3H3,(H,10,12);1-2H3. The average molecular weight is 212 g/mol. The van der Waals surface area contributed by atoms with Gasteiger partial charge in [-0.25, -0.2) is 0 Å². The van der Waals surface area contributed by atoms with Crippen molar-refractivity contribution in [2.75, 3.05) is 5.32 Å². The summed E-state index contributed by atoms with van der Waals surface area (Å²) in [4.78, 5) is 14.8. The second-order valence-electron chi connectivity index (χ2n) is 3.06. The van der Waals surface area contributed by atoms with Gasteiger partial charge in [0.1, 0.15) is 6.26 Å². The third-order valence-corrected chi connectivity index (χ3v) is 1.86. The summed E-state index contributed by atoms with van der Waals surface area (Å²) in [6.45, 7) is 9.54. The first-order valence-electron chi connectivity index (χ1n) is 5.36. The van der Waals surface area contributed by atoms with Gasteiger partial charge in [-0.1, -0.05) is 27.7 Å². The van der Waals surface area contributed by atoms with Crippen LogP contribution in [0.4, 0.5) is 5.82 Å². The fraction of sp³-hybridized carbons (Fsp3) is 0.636. The zero-order valence-corrected chi connectivity index (χ0v) is 10.1. The average Bonchev–Trinajstić information content (AvgIpc) is 2.67. The zero-order chi connectivity index (χ0) is 11.8. The molecule has 0 saturated heterocycles. The number of rotatable bonds is 3. The molecule has 4 heteroatoms. The van der Waals surface area contributed by atoms with Crippen LogP contribution in [0, 0.1) is 0 Å². The van der Waals surface area contributed by atoms with Gasteiger partial charge in [0.15, 0.2) is 11.7 Å². The van der Waals surface area contributed by atoms with E-state index in [4.69, 9.17) is 4.42 Å². The molecule has 1 aromatic heterocycles. The van der Waals surface area contributed by atoms with E-state index in [9.17, 15) is 4.79 Å². The number of carbonyl (C=O) groups excluding carboxylic acids is 1. The second-order valence-corrected chi connectivity index (χ2v) is 3.06. The molecule has 0 saturated carbocycles. The molecule has 0 aliphatic rings. The zero-order valence-electron chi connectivity index (χ0n) is 10.1. The summed E-state index contributed by atoms with van der Waals surface area (Å²) in [5.41, 5.74) is 0. The van der Waals surface area contributed by atoms with E-state index in [0.717, 1.165) is 6.42 Å². The van der Waals surface area contributed by atoms with E-state index >= 15 is 0 Å². The number of oxazole rings is 1. The summed E-state index contributed by atoms with van der Waals surface area (Å²) in [7, 11) is 0. The van der Waals surface area contributed by atoms with Gasteiger partial charge in [-0.05, 0) is 6.42 Å². The van der Waals surface area contributed by atoms with Gasteiger partial charge < -0.3 is 9.73 Å². The van der Waals surface area contributed by atoms with Gasteiger partial charge in [-0.3, -0.25) is 4.79 Å². The van der Waals surface area contributed by atoms with Crippen molar-refractivity contribution in [3.05, 3.63) is 12.2 Å². The molecule has 0 aromatic carbocycles. The Bertz CT molecular complexity index is 295. The third kappa shape index (κ3) is 4.63. The summed E-state index contributed by atoms with van der Waals surface area (Å²) >= 11 is 0. The van der Waals surface area contributed by atoms with E-state index in [-0.39, 0.29) is 5.91 Å². The molecular weight excluding hydrogens is 192 g/mol. The number of nitrogens with zero attached hydrogens (tertiary/aromatic N) is 1. The van der Waals surface area contributed by atoms with Crippen molar-refractivity contribution in [2.45, 2.75) is 47.0 Å². The van der Waals surface area contributed by atoms with Crippen LogP contribution in [0.5, 0.6) is 0 Å². The minimum Gasteiger partial charge on any atom is -0.446 e. The first-order chi connectivity index (χ1) is 7.13. The molecule has 0 aliphatic carbocycles. The maximum Gasteiger partial charge on any atom is 0.222 e. The normalized spacial score (nSPS) is 11.3. The Balaban J connectivity index is 0.000000921. The Morgan fingerprint density at radius 3 is 2.67 bits per heavy atom. The number of carbonyl (C=O) groups is 1. The number of aromatic nitrogens is 1. The minimum absolute atomic E-state index is 0.135. The number of hydrogen-bond donors (Lipinski definition) is 1. The maximum atomic E-state index is 10.7. The summed E-state index contributed by atoms with van der Waals surface area (Å²) in [6, 6.07) is 0. The van der Waals surface area contributed by atoms with Crippen LogP contribution in [-0.2, 0) is 4.79 Å². The number of nitrogens with one attached hydrogen (secondary N) is 1. The number of anilines is 1. The van der Waals surface area contributed by atoms with E-state index in [1.807, 2.05) is 20.8 Å². The summed E-state index contributed by atoms with van der Waals surface area (Å²) in [6.07, 6.45) is 2.43. The van der Waals surface area contributed by atoms with Gasteiger partial charge in [0.2, 0.25) is 5.91 Å². The monoisotopic (exact) mass is 212 g/mol. The van der Waals surface area contributed by atoms with Crippen LogP contribution in [0.25, 0.3) is 0 Å². The highest BCUT2D eigenvalue weighted by molar-refractivity contribution is 5.87. The predicted molar refractivity (Wildman–Crippen MR) is 60.9 cm³/mol. The SMILES string of the molecule is CC.CCC(C)c1nc(NC(C)=O)co1. The molecule has 1 amide bonds. The molecule has 1 rings (SSSR count). The molecule has 0 bridgehead atoms. The van der Waals surface area contributed by atoms with Crippen LogP contribution in [-0.4, -0.2) is 10.9 Å². The molecule has 1 N–H and O–H groups in total. The molecular formula is C11H20N2O2. The lowest BCUT2D eigenvalue weighted by atomic mass is 10.1. The van der Waals surface area contributed by atoms with Gasteiger partial charge >= 0.3 is 0 Å². The quantitative estimate of drug-likeness (QED) is 0.837. The smallest absolute Gasteiger partial charge is 0.222 e. The molecule has 1 unspecified atom stereocenters. The van der Waals surface area contributed by atoms with Crippen LogP contribution in [0.1, 0.15) is 52.8 Å². The first-order valence-corrected chi connectivity index (χ1v) is 5.36. The molecule has 0 spiro atoms. The number of hydrogen-bond acceptors (Lipinski definition) is 3. The van der Waals surface area contributed by atoms with Gasteiger partial charge in [-0.15, -0.1) is 0 Å². The van der Waals surface area contributed by atoms with Gasteiger partial charge in [-0.2, -0.15) is 4.98 Å². The van der Waals surface area contributed by atoms with Crippen molar-refractivity contribution in [3.8, 4) is 0 Å². The Kier molecular flexibility index (Phi) is 6.42. The molecule has 1 aromatic rings. The lowest BCUT2D eigenvalue weighted by Gasteiger charge is -2.00. The molecule has 1 heterocycles. The lowest BCUT2D eigenvalue weighted by Crippen LogP contribution is -2.06. The maximum absolute atomic E-state index is 10.7. The molecule has 0 aliphatic heterocycles. The van der Waals surface area contributed by atoms with Crippen molar-refractivity contribution >= 4 is 11.7 Å². The van der Waals surface area contributed by atoms with E-state index in [1.165, 1.54) is 13.2 Å². The summed E-state index contributed by atoms with van der Waals surface area (Å²) in [5.74, 6) is 1.32. The Morgan fingerprint density at radius 1 is 1.60 bits per heavy atom. The third-order valence-electron chi connectivity index (χ3n) is 1.86. The van der Waals surface area contributed by atoms with E-state index in [2.05, 4.69) is 17.2 Å². The van der Waals surface area contributed by atoms with Crippen LogP contribution < -0.4 is 5.32 Å². The van der Waals surface area contributed by atoms with E-state index < -0.39 is 0 Å². The first kappa shape index (κ1) is 13.7. The van der Waals surface area contributed by atoms with Gasteiger partial charge in [0, 0.05) is 12.8 Å². The van der Waals surface area contributed by atoms with E-state index in [1.54, 1.807) is 0 Å². The molecule has 86 valence electrons. The van der Waals surface area contributed by atoms with Gasteiger partial charge in [0.25, 0.3) is 0 Å². The molecule has 4 nitrogen and oxygen atoms in total. The topological polar surface area (TPSA) is 55.1 Å². The van der Waals surface area contributed by atoms with E-state index in [0.29, 0.717) is 17.6 Å². The molecule has 0 radical (unpaired) electrons. The van der Waals surface area contributed by atoms with Gasteiger partial charge in [0.05, 0.1) is 0 Å². The van der Waals surface area contributed by atoms with Crippen LogP contribution in [0.2, 0.25) is 0 Å². The highest BCUT2D eigenvalue weighted by Gasteiger charge is 2.10. The largest absolute Gasteiger partial charge is 0.446 e. The van der Waals surface area contributed by atoms with Crippen molar-refractivity contribution in [3.63, 3.8) is 0 Å². The Morgan fingerprint density at radius 2 is 2.20 bits per heavy atom. The number of amides is 1. The molecule has 15 heavy (non-hydrogen) atoms. The summed E-state index contributed by atoms with van der Waals surface area (Å²) in [5, 5.41) is 2.56. The Labute approximate surface area is 91.1 Å². The fourth-order valence-corrected chi connectivity index (χ4v) is 0.926. The lowest BCUT2D eigenvalue weighted by molar-refractivity contribution is -0.114. The van der Waals surface area contributed by atoms with Crippen LogP contribution >= 0.6 is 0 Å². The van der Waals surface area contributed by atoms with Crippen LogP contribution in [0.3, 0.4) is 0 Å². The fourth-order valence-electron chi connectivity index (χ4n) is 0.926. The second kappa shape index (κ2) is 7.04. The predicted octanol–water partition coefficient (Wildman–Crippen LogP) is 3.17. The van der Waals surface area contributed by atoms with Crippen LogP contribution in [0.15, 0.2) is 10.7 Å². The van der Waals surface area contributed by atoms with Crippen molar-refractivity contribution in [1.29, 1.82) is 0 Å². The van der Waals surface area contributed by atoms with Crippen molar-refractivity contribution < 1.29 is 9.21 Å².